The zero-order chi connectivity index (χ0) is 21.4. The molecule has 1 N–H and O–H groups in total. The fraction of sp³-hybridized carbons (Fsp3) is 0.318. The number of nitrogens with zero attached hydrogens (tertiary/aromatic N) is 5. The second-order valence-electron chi connectivity index (χ2n) is 7.81. The molecule has 4 aromatic rings. The number of ether oxygens (including phenoxy) is 1. The molecule has 0 aliphatic carbocycles. The van der Waals surface area contributed by atoms with Crippen LogP contribution in [0.4, 0.5) is 15.2 Å². The molecule has 1 atom stereocenters. The number of fused-ring (bicyclic) bond motifs is 1. The number of rotatable bonds is 5. The van der Waals surface area contributed by atoms with E-state index in [4.69, 9.17) is 9.72 Å². The van der Waals surface area contributed by atoms with Crippen LogP contribution in [0, 0.1) is 12.7 Å². The normalized spacial score (nSPS) is 17.3. The van der Waals surface area contributed by atoms with E-state index >= 15 is 0 Å². The summed E-state index contributed by atoms with van der Waals surface area (Å²) in [5, 5.41) is 12.9. The van der Waals surface area contributed by atoms with Gasteiger partial charge in [-0.25, -0.2) is 4.39 Å². The standard InChI is InChI=1S/C22H23FN6OS/c1-14-7-17(26-22-27-24-13-31-22)9-19(25-14)21-12-29(5-6-30-21)11-15-10-28(2)20-4-3-16(23)8-18(15)20/h3-4,7-10,13,21H,5-6,11-12H2,1-2H3,(H,25,26,27)/t21-/m1/s1. The van der Waals surface area contributed by atoms with Crippen LogP contribution in [0.1, 0.15) is 23.1 Å². The summed E-state index contributed by atoms with van der Waals surface area (Å²) in [5.41, 5.74) is 6.57. The van der Waals surface area contributed by atoms with Gasteiger partial charge in [-0.3, -0.25) is 9.88 Å². The number of pyridine rings is 1. The van der Waals surface area contributed by atoms with E-state index < -0.39 is 0 Å². The second-order valence-corrected chi connectivity index (χ2v) is 8.65. The molecule has 1 aliphatic heterocycles. The summed E-state index contributed by atoms with van der Waals surface area (Å²) in [5.74, 6) is -0.209. The van der Waals surface area contributed by atoms with E-state index in [1.165, 1.54) is 17.4 Å². The third kappa shape index (κ3) is 4.30. The molecule has 9 heteroatoms. The zero-order valence-corrected chi connectivity index (χ0v) is 18.2. The predicted molar refractivity (Wildman–Crippen MR) is 119 cm³/mol. The van der Waals surface area contributed by atoms with Gasteiger partial charge in [0.2, 0.25) is 5.13 Å². The van der Waals surface area contributed by atoms with Crippen LogP contribution >= 0.6 is 11.3 Å². The Labute approximate surface area is 183 Å². The molecular formula is C22H23FN6OS. The van der Waals surface area contributed by atoms with Gasteiger partial charge in [-0.1, -0.05) is 11.3 Å². The Hall–Kier alpha value is -2.88. The number of nitrogens with one attached hydrogen (secondary N) is 1. The molecule has 0 bridgehead atoms. The van der Waals surface area contributed by atoms with Crippen molar-refractivity contribution in [2.75, 3.05) is 25.0 Å². The minimum atomic E-state index is -0.209. The van der Waals surface area contributed by atoms with Crippen LogP contribution in [0.3, 0.4) is 0 Å². The van der Waals surface area contributed by atoms with Crippen LogP contribution < -0.4 is 5.32 Å². The largest absolute Gasteiger partial charge is 0.369 e. The van der Waals surface area contributed by atoms with Crippen molar-refractivity contribution in [2.24, 2.45) is 7.05 Å². The summed E-state index contributed by atoms with van der Waals surface area (Å²) in [6, 6.07) is 8.95. The van der Waals surface area contributed by atoms with Crippen LogP contribution in [0.25, 0.3) is 10.9 Å². The van der Waals surface area contributed by atoms with E-state index in [0.717, 1.165) is 58.3 Å². The first-order chi connectivity index (χ1) is 15.0. The molecular weight excluding hydrogens is 415 g/mol. The van der Waals surface area contributed by atoms with Gasteiger partial charge < -0.3 is 14.6 Å². The molecule has 0 unspecified atom stereocenters. The van der Waals surface area contributed by atoms with Crippen molar-refractivity contribution < 1.29 is 9.13 Å². The third-order valence-electron chi connectivity index (χ3n) is 5.49. The summed E-state index contributed by atoms with van der Waals surface area (Å²) < 4.78 is 22.0. The van der Waals surface area contributed by atoms with Crippen molar-refractivity contribution in [1.82, 2.24) is 24.6 Å². The number of benzene rings is 1. The highest BCUT2D eigenvalue weighted by atomic mass is 32.1. The average molecular weight is 439 g/mol. The van der Waals surface area contributed by atoms with Crippen molar-refractivity contribution in [3.8, 4) is 0 Å². The highest BCUT2D eigenvalue weighted by molar-refractivity contribution is 7.13. The lowest BCUT2D eigenvalue weighted by Gasteiger charge is -2.32. The van der Waals surface area contributed by atoms with Gasteiger partial charge in [0.25, 0.3) is 0 Å². The van der Waals surface area contributed by atoms with Gasteiger partial charge in [0.15, 0.2) is 0 Å². The highest BCUT2D eigenvalue weighted by Crippen LogP contribution is 2.28. The number of aromatic nitrogens is 4. The van der Waals surface area contributed by atoms with E-state index in [1.807, 2.05) is 32.2 Å². The Morgan fingerprint density at radius 3 is 3.03 bits per heavy atom. The first-order valence-electron chi connectivity index (χ1n) is 10.1. The monoisotopic (exact) mass is 438 g/mol. The topological polar surface area (TPSA) is 68.1 Å². The van der Waals surface area contributed by atoms with Gasteiger partial charge in [-0.15, -0.1) is 10.2 Å². The van der Waals surface area contributed by atoms with E-state index in [1.54, 1.807) is 11.6 Å². The predicted octanol–water partition coefficient (Wildman–Crippen LogP) is 4.19. The van der Waals surface area contributed by atoms with Crippen LogP contribution in [0.5, 0.6) is 0 Å². The summed E-state index contributed by atoms with van der Waals surface area (Å²) >= 11 is 1.45. The first-order valence-corrected chi connectivity index (χ1v) is 11.0. The Kier molecular flexibility index (Phi) is 5.39. The smallest absolute Gasteiger partial charge is 0.209 e. The third-order valence-corrected chi connectivity index (χ3v) is 6.10. The molecule has 1 aliphatic rings. The lowest BCUT2D eigenvalue weighted by atomic mass is 10.1. The zero-order valence-electron chi connectivity index (χ0n) is 17.4. The maximum Gasteiger partial charge on any atom is 0.209 e. The molecule has 3 aromatic heterocycles. The van der Waals surface area contributed by atoms with Gasteiger partial charge in [0.05, 0.1) is 12.3 Å². The molecule has 0 spiro atoms. The van der Waals surface area contributed by atoms with E-state index in [-0.39, 0.29) is 11.9 Å². The minimum absolute atomic E-state index is 0.129. The Morgan fingerprint density at radius 2 is 2.19 bits per heavy atom. The maximum atomic E-state index is 13.8. The van der Waals surface area contributed by atoms with Crippen molar-refractivity contribution >= 4 is 33.1 Å². The molecule has 5 rings (SSSR count). The number of aryl methyl sites for hydroxylation is 2. The fourth-order valence-corrected chi connectivity index (χ4v) is 4.59. The lowest BCUT2D eigenvalue weighted by Crippen LogP contribution is -2.38. The number of halogens is 1. The Balaban J connectivity index is 1.35. The maximum absolute atomic E-state index is 13.8. The van der Waals surface area contributed by atoms with Gasteiger partial charge in [-0.2, -0.15) is 0 Å². The molecule has 0 amide bonds. The molecule has 0 saturated carbocycles. The van der Waals surface area contributed by atoms with Crippen LogP contribution in [-0.4, -0.2) is 44.3 Å². The molecule has 1 saturated heterocycles. The van der Waals surface area contributed by atoms with Crippen molar-refractivity contribution in [3.63, 3.8) is 0 Å². The Bertz CT molecular complexity index is 1210. The van der Waals surface area contributed by atoms with Gasteiger partial charge in [0.1, 0.15) is 17.4 Å². The van der Waals surface area contributed by atoms with E-state index in [9.17, 15) is 4.39 Å². The van der Waals surface area contributed by atoms with Gasteiger partial charge >= 0.3 is 0 Å². The fourth-order valence-electron chi connectivity index (χ4n) is 4.12. The van der Waals surface area contributed by atoms with Crippen LogP contribution in [0.2, 0.25) is 0 Å². The molecule has 31 heavy (non-hydrogen) atoms. The Morgan fingerprint density at radius 1 is 1.29 bits per heavy atom. The lowest BCUT2D eigenvalue weighted by molar-refractivity contribution is -0.0349. The van der Waals surface area contributed by atoms with Crippen molar-refractivity contribution in [2.45, 2.75) is 19.6 Å². The summed E-state index contributed by atoms with van der Waals surface area (Å²) in [6.07, 6.45) is 1.96. The van der Waals surface area contributed by atoms with Gasteiger partial charge in [-0.05, 0) is 42.8 Å². The summed E-state index contributed by atoms with van der Waals surface area (Å²) in [6.45, 7) is 4.88. The molecule has 1 fully saturated rings. The minimum Gasteiger partial charge on any atom is -0.369 e. The van der Waals surface area contributed by atoms with Crippen LogP contribution in [-0.2, 0) is 18.3 Å². The van der Waals surface area contributed by atoms with Gasteiger partial charge in [0, 0.05) is 55.2 Å². The van der Waals surface area contributed by atoms with Crippen molar-refractivity contribution in [3.05, 3.63) is 64.8 Å². The van der Waals surface area contributed by atoms with Crippen LogP contribution in [0.15, 0.2) is 42.0 Å². The highest BCUT2D eigenvalue weighted by Gasteiger charge is 2.25. The summed E-state index contributed by atoms with van der Waals surface area (Å²) in [4.78, 5) is 7.06. The quantitative estimate of drug-likeness (QED) is 0.504. The second kappa shape index (κ2) is 8.33. The SMILES string of the molecule is Cc1cc(Nc2nncs2)cc([C@H]2CN(Cc3cn(C)c4ccc(F)cc34)CCO2)n1. The number of anilines is 2. The van der Waals surface area contributed by atoms with Crippen molar-refractivity contribution in [1.29, 1.82) is 0 Å². The molecule has 0 radical (unpaired) electrons. The summed E-state index contributed by atoms with van der Waals surface area (Å²) in [7, 11) is 2.00. The van der Waals surface area contributed by atoms with E-state index in [0.29, 0.717) is 6.61 Å². The molecule has 7 nitrogen and oxygen atoms in total. The first kappa shape index (κ1) is 20.0. The van der Waals surface area contributed by atoms with E-state index in [2.05, 4.69) is 31.2 Å². The molecule has 4 heterocycles. The molecule has 160 valence electrons. The molecule has 1 aromatic carbocycles. The average Bonchev–Trinajstić information content (AvgIpc) is 3.36. The number of hydrogen-bond acceptors (Lipinski definition) is 7. The number of hydrogen-bond donors (Lipinski definition) is 1. The number of morpholine rings is 1.